The number of ether oxygens (including phenoxy) is 1. The van der Waals surface area contributed by atoms with Crippen molar-refractivity contribution in [3.63, 3.8) is 0 Å². The second-order valence-electron chi connectivity index (χ2n) is 7.55. The lowest BCUT2D eigenvalue weighted by atomic mass is 10.1. The quantitative estimate of drug-likeness (QED) is 0.463. The van der Waals surface area contributed by atoms with E-state index in [0.29, 0.717) is 6.61 Å². The van der Waals surface area contributed by atoms with E-state index in [-0.39, 0.29) is 11.9 Å². The maximum atomic E-state index is 11.4. The molecule has 1 atom stereocenters. The van der Waals surface area contributed by atoms with Crippen molar-refractivity contribution in [3.8, 4) is 0 Å². The van der Waals surface area contributed by atoms with Gasteiger partial charge in [0, 0.05) is 65.8 Å². The number of aryl methyl sites for hydroxylation is 1. The lowest BCUT2D eigenvalue weighted by Gasteiger charge is -2.33. The Bertz CT molecular complexity index is 696. The molecule has 3 rings (SSSR count). The minimum atomic E-state index is 0.165. The van der Waals surface area contributed by atoms with Gasteiger partial charge in [-0.15, -0.1) is 0 Å². The number of hydrogen-bond donors (Lipinski definition) is 2. The Morgan fingerprint density at radius 2 is 2.10 bits per heavy atom. The highest BCUT2D eigenvalue weighted by Gasteiger charge is 2.22. The number of aliphatic imine (C=N–C) groups is 1. The maximum Gasteiger partial charge on any atom is 0.219 e. The van der Waals surface area contributed by atoms with E-state index in [0.717, 1.165) is 82.8 Å². The highest BCUT2D eigenvalue weighted by Crippen LogP contribution is 2.13. The van der Waals surface area contributed by atoms with Crippen LogP contribution in [-0.2, 0) is 29.1 Å². The van der Waals surface area contributed by atoms with Gasteiger partial charge >= 0.3 is 0 Å². The van der Waals surface area contributed by atoms with E-state index >= 15 is 0 Å². The van der Waals surface area contributed by atoms with Gasteiger partial charge < -0.3 is 20.3 Å². The Labute approximate surface area is 172 Å². The highest BCUT2D eigenvalue weighted by atomic mass is 16.5. The van der Waals surface area contributed by atoms with Crippen LogP contribution in [0.1, 0.15) is 31.9 Å². The van der Waals surface area contributed by atoms with Crippen LogP contribution in [0.25, 0.3) is 0 Å². The lowest BCUT2D eigenvalue weighted by Crippen LogP contribution is -2.49. The number of fused-ring (bicyclic) bond motifs is 1. The van der Waals surface area contributed by atoms with Gasteiger partial charge in [0.15, 0.2) is 11.8 Å². The Morgan fingerprint density at radius 1 is 1.31 bits per heavy atom. The fraction of sp³-hybridized carbons (Fsp3) is 0.789. The van der Waals surface area contributed by atoms with Crippen molar-refractivity contribution in [1.29, 1.82) is 0 Å². The molecule has 1 fully saturated rings. The third-order valence-electron chi connectivity index (χ3n) is 5.36. The SMILES string of the molecule is CCNC(=NCCN1CCN(C(C)=O)CC1)NC1CCc2nc(COC)nn2C1. The summed E-state index contributed by atoms with van der Waals surface area (Å²) in [6.45, 7) is 10.9. The van der Waals surface area contributed by atoms with Crippen molar-refractivity contribution < 1.29 is 9.53 Å². The zero-order chi connectivity index (χ0) is 20.6. The van der Waals surface area contributed by atoms with Crippen LogP contribution in [0.5, 0.6) is 0 Å². The van der Waals surface area contributed by atoms with E-state index < -0.39 is 0 Å². The summed E-state index contributed by atoms with van der Waals surface area (Å²) < 4.78 is 7.11. The van der Waals surface area contributed by atoms with Crippen LogP contribution < -0.4 is 10.6 Å². The van der Waals surface area contributed by atoms with Crippen molar-refractivity contribution in [2.24, 2.45) is 4.99 Å². The minimum Gasteiger partial charge on any atom is -0.377 e. The molecule has 2 aliphatic rings. The number of carbonyl (C=O) groups excluding carboxylic acids is 1. The van der Waals surface area contributed by atoms with Crippen molar-refractivity contribution in [2.75, 3.05) is 52.9 Å². The molecule has 1 unspecified atom stereocenters. The third-order valence-corrected chi connectivity index (χ3v) is 5.36. The van der Waals surface area contributed by atoms with E-state index in [9.17, 15) is 4.79 Å². The summed E-state index contributed by atoms with van der Waals surface area (Å²) in [4.78, 5) is 25.0. The molecule has 0 aliphatic carbocycles. The van der Waals surface area contributed by atoms with Crippen LogP contribution in [0.4, 0.5) is 0 Å². The normalized spacial score (nSPS) is 20.4. The topological polar surface area (TPSA) is 99.9 Å². The first-order valence-corrected chi connectivity index (χ1v) is 10.5. The molecule has 10 heteroatoms. The summed E-state index contributed by atoms with van der Waals surface area (Å²) in [5, 5.41) is 11.4. The van der Waals surface area contributed by atoms with E-state index in [1.807, 2.05) is 9.58 Å². The Balaban J connectivity index is 1.47. The number of guanidine groups is 1. The molecule has 1 amide bonds. The van der Waals surface area contributed by atoms with Gasteiger partial charge in [-0.05, 0) is 13.3 Å². The van der Waals surface area contributed by atoms with Crippen LogP contribution in [0.2, 0.25) is 0 Å². The molecule has 0 aromatic carbocycles. The number of methoxy groups -OCH3 is 1. The maximum absolute atomic E-state index is 11.4. The lowest BCUT2D eigenvalue weighted by molar-refractivity contribution is -0.130. The van der Waals surface area contributed by atoms with Gasteiger partial charge in [-0.1, -0.05) is 0 Å². The summed E-state index contributed by atoms with van der Waals surface area (Å²) in [6, 6.07) is 0.275. The van der Waals surface area contributed by atoms with Crippen molar-refractivity contribution in [2.45, 2.75) is 45.9 Å². The number of rotatable bonds is 7. The molecule has 2 aliphatic heterocycles. The van der Waals surface area contributed by atoms with E-state index in [1.54, 1.807) is 14.0 Å². The molecule has 0 saturated carbocycles. The third kappa shape index (κ3) is 6.14. The van der Waals surface area contributed by atoms with Gasteiger partial charge in [0.05, 0.1) is 13.1 Å². The Morgan fingerprint density at radius 3 is 2.79 bits per heavy atom. The summed E-state index contributed by atoms with van der Waals surface area (Å²) in [7, 11) is 1.66. The molecule has 1 aromatic heterocycles. The standard InChI is InChI=1S/C19H34N8O2/c1-4-20-19(21-7-8-25-9-11-26(12-10-25)15(2)28)22-16-5-6-18-23-17(14-29-3)24-27(18)13-16/h16H,4-14H2,1-3H3,(H2,20,21,22). The fourth-order valence-electron chi connectivity index (χ4n) is 3.77. The first-order valence-electron chi connectivity index (χ1n) is 10.5. The number of amides is 1. The van der Waals surface area contributed by atoms with Crippen LogP contribution in [0, 0.1) is 0 Å². The smallest absolute Gasteiger partial charge is 0.219 e. The zero-order valence-electron chi connectivity index (χ0n) is 17.9. The summed E-state index contributed by atoms with van der Waals surface area (Å²) >= 11 is 0. The number of carbonyl (C=O) groups is 1. The van der Waals surface area contributed by atoms with Crippen LogP contribution in [-0.4, -0.2) is 95.4 Å². The number of piperazine rings is 1. The predicted molar refractivity (Wildman–Crippen MR) is 111 cm³/mol. The molecule has 1 aromatic rings. The minimum absolute atomic E-state index is 0.165. The average Bonchev–Trinajstić information content (AvgIpc) is 3.10. The van der Waals surface area contributed by atoms with E-state index in [1.165, 1.54) is 0 Å². The molecule has 0 radical (unpaired) electrons. The summed E-state index contributed by atoms with van der Waals surface area (Å²) in [6.07, 6.45) is 1.90. The van der Waals surface area contributed by atoms with Crippen molar-refractivity contribution in [3.05, 3.63) is 11.6 Å². The molecule has 162 valence electrons. The number of hydrogen-bond acceptors (Lipinski definition) is 6. The van der Waals surface area contributed by atoms with Crippen molar-refractivity contribution >= 4 is 11.9 Å². The Hall–Kier alpha value is -2.20. The second-order valence-corrected chi connectivity index (χ2v) is 7.55. The number of nitrogens with one attached hydrogen (secondary N) is 2. The van der Waals surface area contributed by atoms with E-state index in [4.69, 9.17) is 9.73 Å². The first kappa shape index (κ1) is 21.5. The molecular formula is C19H34N8O2. The van der Waals surface area contributed by atoms with Gasteiger partial charge in [0.25, 0.3) is 0 Å². The molecule has 0 spiro atoms. The van der Waals surface area contributed by atoms with E-state index in [2.05, 4.69) is 32.5 Å². The van der Waals surface area contributed by atoms with Crippen LogP contribution >= 0.6 is 0 Å². The average molecular weight is 407 g/mol. The number of nitrogens with zero attached hydrogens (tertiary/aromatic N) is 6. The molecule has 0 bridgehead atoms. The molecule has 3 heterocycles. The predicted octanol–water partition coefficient (Wildman–Crippen LogP) is -0.541. The van der Waals surface area contributed by atoms with Gasteiger partial charge in [0.1, 0.15) is 12.4 Å². The number of aromatic nitrogens is 3. The van der Waals surface area contributed by atoms with Gasteiger partial charge in [0.2, 0.25) is 5.91 Å². The van der Waals surface area contributed by atoms with Crippen LogP contribution in [0.15, 0.2) is 4.99 Å². The van der Waals surface area contributed by atoms with Crippen molar-refractivity contribution in [1.82, 2.24) is 35.2 Å². The first-order chi connectivity index (χ1) is 14.1. The van der Waals surface area contributed by atoms with Crippen LogP contribution in [0.3, 0.4) is 0 Å². The summed E-state index contributed by atoms with van der Waals surface area (Å²) in [5.74, 6) is 2.79. The monoisotopic (exact) mass is 406 g/mol. The Kier molecular flexibility index (Phi) is 7.82. The highest BCUT2D eigenvalue weighted by molar-refractivity contribution is 5.80. The zero-order valence-corrected chi connectivity index (χ0v) is 17.9. The molecule has 29 heavy (non-hydrogen) atoms. The molecule has 1 saturated heterocycles. The molecule has 2 N–H and O–H groups in total. The summed E-state index contributed by atoms with van der Waals surface area (Å²) in [5.41, 5.74) is 0. The fourth-order valence-corrected chi connectivity index (χ4v) is 3.77. The molecular weight excluding hydrogens is 372 g/mol. The largest absolute Gasteiger partial charge is 0.377 e. The second kappa shape index (κ2) is 10.5. The van der Waals surface area contributed by atoms with Gasteiger partial charge in [-0.25, -0.2) is 9.67 Å². The molecule has 10 nitrogen and oxygen atoms in total. The van der Waals surface area contributed by atoms with Gasteiger partial charge in [-0.2, -0.15) is 5.10 Å². The van der Waals surface area contributed by atoms with Gasteiger partial charge in [-0.3, -0.25) is 14.7 Å².